The van der Waals surface area contributed by atoms with Crippen molar-refractivity contribution in [2.75, 3.05) is 32.8 Å². The highest BCUT2D eigenvalue weighted by Crippen LogP contribution is 2.19. The van der Waals surface area contributed by atoms with Gasteiger partial charge in [0, 0.05) is 12.1 Å². The lowest BCUT2D eigenvalue weighted by Gasteiger charge is -2.36. The zero-order valence-corrected chi connectivity index (χ0v) is 9.85. The fourth-order valence-electron chi connectivity index (χ4n) is 2.55. The molecule has 2 fully saturated rings. The molecule has 1 unspecified atom stereocenters. The highest BCUT2D eigenvalue weighted by Gasteiger charge is 2.27. The van der Waals surface area contributed by atoms with Crippen molar-refractivity contribution in [3.8, 4) is 0 Å². The summed E-state index contributed by atoms with van der Waals surface area (Å²) in [5.74, 6) is 0.866. The Hall–Kier alpha value is -0.120. The predicted octanol–water partition coefficient (Wildman–Crippen LogP) is 1.14. The van der Waals surface area contributed by atoms with Crippen molar-refractivity contribution < 1.29 is 4.74 Å². The van der Waals surface area contributed by atoms with E-state index in [0.717, 1.165) is 19.1 Å². The van der Waals surface area contributed by atoms with E-state index in [1.54, 1.807) is 0 Å². The quantitative estimate of drug-likeness (QED) is 0.736. The molecule has 1 atom stereocenters. The molecular formula is C12H24N2O. The van der Waals surface area contributed by atoms with E-state index in [1.807, 2.05) is 0 Å². The van der Waals surface area contributed by atoms with E-state index < -0.39 is 0 Å². The Kier molecular flexibility index (Phi) is 4.00. The number of ether oxygens (including phenoxy) is 1. The molecule has 0 spiro atoms. The van der Waals surface area contributed by atoms with E-state index in [1.165, 1.54) is 45.3 Å². The third kappa shape index (κ3) is 3.44. The minimum absolute atomic E-state index is 0.239. The number of nitrogens with one attached hydrogen (secondary N) is 2. The van der Waals surface area contributed by atoms with Gasteiger partial charge in [-0.25, -0.2) is 0 Å². The molecule has 2 heterocycles. The highest BCUT2D eigenvalue weighted by atomic mass is 16.5. The topological polar surface area (TPSA) is 33.3 Å². The van der Waals surface area contributed by atoms with Crippen LogP contribution in [0.2, 0.25) is 0 Å². The maximum Gasteiger partial charge on any atom is 0.0645 e. The van der Waals surface area contributed by atoms with Crippen molar-refractivity contribution in [1.82, 2.24) is 10.6 Å². The summed E-state index contributed by atoms with van der Waals surface area (Å²) in [5.41, 5.74) is 0.239. The molecule has 2 rings (SSSR count). The van der Waals surface area contributed by atoms with Crippen LogP contribution < -0.4 is 10.6 Å². The molecule has 3 heteroatoms. The number of piperidine rings is 1. The van der Waals surface area contributed by atoms with Crippen LogP contribution in [0.3, 0.4) is 0 Å². The number of hydrogen-bond acceptors (Lipinski definition) is 3. The van der Waals surface area contributed by atoms with Crippen LogP contribution in [-0.4, -0.2) is 38.4 Å². The van der Waals surface area contributed by atoms with Gasteiger partial charge in [0.15, 0.2) is 0 Å². The fourth-order valence-corrected chi connectivity index (χ4v) is 2.55. The van der Waals surface area contributed by atoms with Gasteiger partial charge in [0.05, 0.1) is 6.61 Å². The Morgan fingerprint density at radius 3 is 2.87 bits per heavy atom. The van der Waals surface area contributed by atoms with E-state index >= 15 is 0 Å². The second-order valence-corrected chi connectivity index (χ2v) is 5.29. The maximum atomic E-state index is 5.55. The van der Waals surface area contributed by atoms with Gasteiger partial charge in [0.2, 0.25) is 0 Å². The van der Waals surface area contributed by atoms with Gasteiger partial charge in [-0.3, -0.25) is 0 Å². The molecule has 15 heavy (non-hydrogen) atoms. The van der Waals surface area contributed by atoms with Crippen LogP contribution in [0.15, 0.2) is 0 Å². The van der Waals surface area contributed by atoms with Crippen LogP contribution in [-0.2, 0) is 4.74 Å². The van der Waals surface area contributed by atoms with Crippen LogP contribution in [0.5, 0.6) is 0 Å². The lowest BCUT2D eigenvalue weighted by molar-refractivity contribution is 0.0262. The van der Waals surface area contributed by atoms with Gasteiger partial charge in [-0.1, -0.05) is 0 Å². The molecule has 2 N–H and O–H groups in total. The number of hydrogen-bond donors (Lipinski definition) is 2. The third-order valence-corrected chi connectivity index (χ3v) is 3.71. The molecule has 2 aliphatic rings. The number of rotatable bonds is 3. The van der Waals surface area contributed by atoms with E-state index in [2.05, 4.69) is 17.6 Å². The van der Waals surface area contributed by atoms with Crippen LogP contribution in [0.1, 0.15) is 32.6 Å². The lowest BCUT2D eigenvalue weighted by Crippen LogP contribution is -2.51. The van der Waals surface area contributed by atoms with Gasteiger partial charge in [-0.2, -0.15) is 0 Å². The molecule has 0 aliphatic carbocycles. The summed E-state index contributed by atoms with van der Waals surface area (Å²) in [5, 5.41) is 7.12. The smallest absolute Gasteiger partial charge is 0.0645 e. The zero-order valence-electron chi connectivity index (χ0n) is 9.85. The molecule has 2 saturated heterocycles. The van der Waals surface area contributed by atoms with Gasteiger partial charge in [0.25, 0.3) is 0 Å². The second kappa shape index (κ2) is 5.28. The van der Waals surface area contributed by atoms with Crippen LogP contribution >= 0.6 is 0 Å². The van der Waals surface area contributed by atoms with Crippen LogP contribution in [0, 0.1) is 5.92 Å². The van der Waals surface area contributed by atoms with E-state index in [0.29, 0.717) is 0 Å². The Bertz CT molecular complexity index is 184. The first-order valence-corrected chi connectivity index (χ1v) is 6.32. The molecule has 3 nitrogen and oxygen atoms in total. The molecule has 0 bridgehead atoms. The highest BCUT2D eigenvalue weighted by molar-refractivity contribution is 4.86. The first-order valence-electron chi connectivity index (χ1n) is 6.32. The minimum atomic E-state index is 0.239. The fraction of sp³-hybridized carbons (Fsp3) is 1.00. The SMILES string of the molecule is CC1(NCC2CCNCC2)CCCOC1. The summed E-state index contributed by atoms with van der Waals surface area (Å²) in [6.07, 6.45) is 5.11. The van der Waals surface area contributed by atoms with Crippen molar-refractivity contribution in [3.63, 3.8) is 0 Å². The monoisotopic (exact) mass is 212 g/mol. The van der Waals surface area contributed by atoms with Gasteiger partial charge < -0.3 is 15.4 Å². The van der Waals surface area contributed by atoms with Crippen LogP contribution in [0.4, 0.5) is 0 Å². The Balaban J connectivity index is 1.70. The average molecular weight is 212 g/mol. The third-order valence-electron chi connectivity index (χ3n) is 3.71. The predicted molar refractivity (Wildman–Crippen MR) is 62.1 cm³/mol. The van der Waals surface area contributed by atoms with Crippen LogP contribution in [0.25, 0.3) is 0 Å². The van der Waals surface area contributed by atoms with Crippen molar-refractivity contribution in [2.45, 2.75) is 38.1 Å². The van der Waals surface area contributed by atoms with Gasteiger partial charge in [-0.15, -0.1) is 0 Å². The summed E-state index contributed by atoms with van der Waals surface area (Å²) in [7, 11) is 0. The Labute approximate surface area is 93.0 Å². The van der Waals surface area contributed by atoms with E-state index in [4.69, 9.17) is 4.74 Å². The summed E-state index contributed by atoms with van der Waals surface area (Å²) in [4.78, 5) is 0. The molecule has 0 saturated carbocycles. The van der Waals surface area contributed by atoms with Gasteiger partial charge in [0.1, 0.15) is 0 Å². The molecule has 2 aliphatic heterocycles. The van der Waals surface area contributed by atoms with Crippen molar-refractivity contribution in [3.05, 3.63) is 0 Å². The summed E-state index contributed by atoms with van der Waals surface area (Å²) in [6, 6.07) is 0. The molecule has 0 aromatic rings. The van der Waals surface area contributed by atoms with Crippen molar-refractivity contribution >= 4 is 0 Å². The molecule has 88 valence electrons. The molecule has 0 amide bonds. The zero-order chi connectivity index (χ0) is 10.6. The van der Waals surface area contributed by atoms with Crippen molar-refractivity contribution in [1.29, 1.82) is 0 Å². The first-order chi connectivity index (χ1) is 7.29. The van der Waals surface area contributed by atoms with E-state index in [-0.39, 0.29) is 5.54 Å². The van der Waals surface area contributed by atoms with E-state index in [9.17, 15) is 0 Å². The lowest BCUT2D eigenvalue weighted by atomic mass is 9.92. The summed E-state index contributed by atoms with van der Waals surface area (Å²) < 4.78 is 5.55. The largest absolute Gasteiger partial charge is 0.380 e. The Morgan fingerprint density at radius 2 is 2.20 bits per heavy atom. The molecule has 0 radical (unpaired) electrons. The van der Waals surface area contributed by atoms with Crippen molar-refractivity contribution in [2.24, 2.45) is 5.92 Å². The van der Waals surface area contributed by atoms with Gasteiger partial charge >= 0.3 is 0 Å². The minimum Gasteiger partial charge on any atom is -0.380 e. The molecule has 0 aromatic heterocycles. The molecule has 0 aromatic carbocycles. The molecular weight excluding hydrogens is 188 g/mol. The standard InChI is InChI=1S/C12H24N2O/c1-12(5-2-8-15-10-12)14-9-11-3-6-13-7-4-11/h11,13-14H,2-10H2,1H3. The average Bonchev–Trinajstić information content (AvgIpc) is 2.29. The summed E-state index contributed by atoms with van der Waals surface area (Å²) in [6.45, 7) is 7.69. The summed E-state index contributed by atoms with van der Waals surface area (Å²) >= 11 is 0. The normalized spacial score (nSPS) is 34.2. The Morgan fingerprint density at radius 1 is 1.40 bits per heavy atom. The first kappa shape index (κ1) is 11.4. The van der Waals surface area contributed by atoms with Gasteiger partial charge in [-0.05, 0) is 58.2 Å². The maximum absolute atomic E-state index is 5.55. The second-order valence-electron chi connectivity index (χ2n) is 5.29.